The van der Waals surface area contributed by atoms with E-state index in [1.165, 1.54) is 19.3 Å². The van der Waals surface area contributed by atoms with Crippen LogP contribution in [-0.2, 0) is 0 Å². The Kier molecular flexibility index (Phi) is 3.18. The summed E-state index contributed by atoms with van der Waals surface area (Å²) in [4.78, 5) is 17.4. The fraction of sp³-hybridized carbons (Fsp3) is 0.500. The standard InChI is InChI=1S/C20H21ClN2O/c21-16-8-18(22-17-4-2-1-3-15(16)17)19(24)23-20-9-12-5-13(10-20)7-14(6-12)11-20/h1-4,8,12-14H,5-7,9-11H2,(H,23,24). The average molecular weight is 341 g/mol. The third kappa shape index (κ3) is 2.33. The fourth-order valence-electron chi connectivity index (χ4n) is 5.82. The predicted octanol–water partition coefficient (Wildman–Crippen LogP) is 4.59. The van der Waals surface area contributed by atoms with Crippen molar-refractivity contribution in [2.45, 2.75) is 44.1 Å². The first-order chi connectivity index (χ1) is 11.6. The molecule has 1 aromatic heterocycles. The zero-order valence-corrected chi connectivity index (χ0v) is 14.4. The molecule has 4 aliphatic rings. The van der Waals surface area contributed by atoms with Crippen LogP contribution in [0.1, 0.15) is 49.0 Å². The van der Waals surface area contributed by atoms with Gasteiger partial charge < -0.3 is 5.32 Å². The van der Waals surface area contributed by atoms with Crippen LogP contribution in [0.5, 0.6) is 0 Å². The maximum absolute atomic E-state index is 12.9. The maximum Gasteiger partial charge on any atom is 0.270 e. The second kappa shape index (κ2) is 5.19. The van der Waals surface area contributed by atoms with Gasteiger partial charge in [0, 0.05) is 10.9 Å². The summed E-state index contributed by atoms with van der Waals surface area (Å²) in [6, 6.07) is 9.41. The third-order valence-electron chi connectivity index (χ3n) is 6.32. The second-order valence-corrected chi connectivity index (χ2v) is 8.57. The Hall–Kier alpha value is -1.61. The van der Waals surface area contributed by atoms with Crippen LogP contribution in [0.4, 0.5) is 0 Å². The lowest BCUT2D eigenvalue weighted by Crippen LogP contribution is -2.59. The highest BCUT2D eigenvalue weighted by atomic mass is 35.5. The SMILES string of the molecule is O=C(NC12CC3CC(CC(C3)C1)C2)c1cc(Cl)c2ccccc2n1. The van der Waals surface area contributed by atoms with Crippen LogP contribution in [0.3, 0.4) is 0 Å². The van der Waals surface area contributed by atoms with Gasteiger partial charge in [0.05, 0.1) is 10.5 Å². The Morgan fingerprint density at radius 2 is 1.71 bits per heavy atom. The van der Waals surface area contributed by atoms with E-state index in [4.69, 9.17) is 11.6 Å². The lowest BCUT2D eigenvalue weighted by atomic mass is 9.53. The molecule has 4 saturated carbocycles. The Morgan fingerprint density at radius 1 is 1.08 bits per heavy atom. The number of hydrogen-bond acceptors (Lipinski definition) is 2. The molecule has 0 atom stereocenters. The molecule has 0 radical (unpaired) electrons. The number of para-hydroxylation sites is 1. The molecule has 2 aromatic rings. The van der Waals surface area contributed by atoms with Crippen molar-refractivity contribution in [2.75, 3.05) is 0 Å². The van der Waals surface area contributed by atoms with Crippen LogP contribution in [0.25, 0.3) is 10.9 Å². The molecule has 3 nitrogen and oxygen atoms in total. The van der Waals surface area contributed by atoms with Crippen molar-refractivity contribution in [1.29, 1.82) is 0 Å². The van der Waals surface area contributed by atoms with E-state index in [1.807, 2.05) is 24.3 Å². The van der Waals surface area contributed by atoms with Gasteiger partial charge >= 0.3 is 0 Å². The number of rotatable bonds is 2. The number of hydrogen-bond donors (Lipinski definition) is 1. The quantitative estimate of drug-likeness (QED) is 0.869. The second-order valence-electron chi connectivity index (χ2n) is 8.16. The molecule has 0 saturated heterocycles. The molecule has 1 heterocycles. The molecule has 4 aliphatic carbocycles. The van der Waals surface area contributed by atoms with Gasteiger partial charge in [-0.25, -0.2) is 4.98 Å². The maximum atomic E-state index is 12.9. The van der Waals surface area contributed by atoms with Gasteiger partial charge in [0.1, 0.15) is 5.69 Å². The minimum absolute atomic E-state index is 0.00559. The monoisotopic (exact) mass is 340 g/mol. The van der Waals surface area contributed by atoms with Crippen molar-refractivity contribution in [3.63, 3.8) is 0 Å². The minimum Gasteiger partial charge on any atom is -0.345 e. The molecule has 1 aromatic carbocycles. The number of benzene rings is 1. The number of pyridine rings is 1. The summed E-state index contributed by atoms with van der Waals surface area (Å²) in [7, 11) is 0. The average Bonchev–Trinajstić information content (AvgIpc) is 2.53. The van der Waals surface area contributed by atoms with E-state index in [0.717, 1.165) is 47.9 Å². The first kappa shape index (κ1) is 14.7. The summed E-state index contributed by atoms with van der Waals surface area (Å²) in [5.74, 6) is 2.36. The van der Waals surface area contributed by atoms with E-state index in [1.54, 1.807) is 6.07 Å². The van der Waals surface area contributed by atoms with E-state index in [-0.39, 0.29) is 11.4 Å². The topological polar surface area (TPSA) is 42.0 Å². The first-order valence-corrected chi connectivity index (χ1v) is 9.36. The molecule has 4 fully saturated rings. The molecule has 0 spiro atoms. The van der Waals surface area contributed by atoms with Gasteiger partial charge in [-0.1, -0.05) is 29.8 Å². The van der Waals surface area contributed by atoms with Crippen LogP contribution >= 0.6 is 11.6 Å². The van der Waals surface area contributed by atoms with Crippen molar-refractivity contribution in [1.82, 2.24) is 10.3 Å². The number of nitrogens with one attached hydrogen (secondary N) is 1. The highest BCUT2D eigenvalue weighted by molar-refractivity contribution is 6.35. The van der Waals surface area contributed by atoms with Crippen LogP contribution in [-0.4, -0.2) is 16.4 Å². The smallest absolute Gasteiger partial charge is 0.270 e. The number of aromatic nitrogens is 1. The van der Waals surface area contributed by atoms with E-state index in [0.29, 0.717) is 10.7 Å². The third-order valence-corrected chi connectivity index (χ3v) is 6.63. The molecule has 4 bridgehead atoms. The summed E-state index contributed by atoms with van der Waals surface area (Å²) in [5, 5.41) is 4.86. The number of halogens is 1. The van der Waals surface area contributed by atoms with Crippen molar-refractivity contribution in [2.24, 2.45) is 17.8 Å². The van der Waals surface area contributed by atoms with Gasteiger partial charge in [-0.15, -0.1) is 0 Å². The molecule has 1 amide bonds. The summed E-state index contributed by atoms with van der Waals surface area (Å²) in [6.45, 7) is 0. The molecule has 124 valence electrons. The Bertz CT molecular complexity index is 796. The Morgan fingerprint density at radius 3 is 2.38 bits per heavy atom. The molecular weight excluding hydrogens is 320 g/mol. The van der Waals surface area contributed by atoms with E-state index < -0.39 is 0 Å². The number of nitrogens with zero attached hydrogens (tertiary/aromatic N) is 1. The van der Waals surface area contributed by atoms with Crippen LogP contribution in [0.15, 0.2) is 30.3 Å². The van der Waals surface area contributed by atoms with Gasteiger partial charge in [-0.3, -0.25) is 4.79 Å². The lowest BCUT2D eigenvalue weighted by molar-refractivity contribution is -0.0167. The molecular formula is C20H21ClN2O. The largest absolute Gasteiger partial charge is 0.345 e. The summed E-state index contributed by atoms with van der Waals surface area (Å²) >= 11 is 6.36. The van der Waals surface area contributed by atoms with Gasteiger partial charge in [0.2, 0.25) is 0 Å². The van der Waals surface area contributed by atoms with Crippen LogP contribution in [0.2, 0.25) is 5.02 Å². The molecule has 0 unspecified atom stereocenters. The Labute approximate surface area is 146 Å². The van der Waals surface area contributed by atoms with Gasteiger partial charge in [-0.05, 0) is 68.4 Å². The lowest BCUT2D eigenvalue weighted by Gasteiger charge is -2.56. The first-order valence-electron chi connectivity index (χ1n) is 8.98. The molecule has 4 heteroatoms. The number of fused-ring (bicyclic) bond motifs is 1. The zero-order valence-electron chi connectivity index (χ0n) is 13.6. The van der Waals surface area contributed by atoms with Gasteiger partial charge in [0.25, 0.3) is 5.91 Å². The van der Waals surface area contributed by atoms with Crippen LogP contribution in [0, 0.1) is 17.8 Å². The summed E-state index contributed by atoms with van der Waals surface area (Å²) in [5.41, 5.74) is 1.22. The predicted molar refractivity (Wildman–Crippen MR) is 95.1 cm³/mol. The Balaban J connectivity index is 1.45. The normalized spacial score (nSPS) is 33.8. The molecule has 24 heavy (non-hydrogen) atoms. The van der Waals surface area contributed by atoms with E-state index >= 15 is 0 Å². The molecule has 1 N–H and O–H groups in total. The van der Waals surface area contributed by atoms with Gasteiger partial charge in [-0.2, -0.15) is 0 Å². The molecule has 6 rings (SSSR count). The van der Waals surface area contributed by atoms with E-state index in [9.17, 15) is 4.79 Å². The van der Waals surface area contributed by atoms with Crippen LogP contribution < -0.4 is 5.32 Å². The van der Waals surface area contributed by atoms with Gasteiger partial charge in [0.15, 0.2) is 0 Å². The number of carbonyl (C=O) groups is 1. The zero-order chi connectivity index (χ0) is 16.3. The molecule has 0 aliphatic heterocycles. The number of amides is 1. The highest BCUT2D eigenvalue weighted by Gasteiger charge is 2.51. The number of carbonyl (C=O) groups excluding carboxylic acids is 1. The van der Waals surface area contributed by atoms with Crippen molar-refractivity contribution in [3.8, 4) is 0 Å². The highest BCUT2D eigenvalue weighted by Crippen LogP contribution is 2.55. The van der Waals surface area contributed by atoms with Crippen molar-refractivity contribution in [3.05, 3.63) is 41.0 Å². The summed E-state index contributed by atoms with van der Waals surface area (Å²) in [6.07, 6.45) is 7.55. The van der Waals surface area contributed by atoms with Crippen molar-refractivity contribution >= 4 is 28.4 Å². The summed E-state index contributed by atoms with van der Waals surface area (Å²) < 4.78 is 0. The van der Waals surface area contributed by atoms with E-state index in [2.05, 4.69) is 10.3 Å². The van der Waals surface area contributed by atoms with Crippen molar-refractivity contribution < 1.29 is 4.79 Å². The minimum atomic E-state index is -0.0652. The fourth-order valence-corrected chi connectivity index (χ4v) is 6.08.